The average molecular weight is 241 g/mol. The highest BCUT2D eigenvalue weighted by atomic mass is 15.3. The lowest BCUT2D eigenvalue weighted by Crippen LogP contribution is -2.20. The fraction of sp³-hybridized carbons (Fsp3) is 0.400. The monoisotopic (exact) mass is 241 g/mol. The molecular weight excluding hydrogens is 222 g/mol. The molecule has 1 aliphatic carbocycles. The lowest BCUT2D eigenvalue weighted by atomic mass is 9.85. The van der Waals surface area contributed by atoms with Crippen LogP contribution in [0.15, 0.2) is 42.7 Å². The second-order valence-corrected chi connectivity index (χ2v) is 5.09. The first-order chi connectivity index (χ1) is 8.90. The van der Waals surface area contributed by atoms with Gasteiger partial charge in [-0.3, -0.25) is 4.68 Å². The highest BCUT2D eigenvalue weighted by molar-refractivity contribution is 5.38. The fourth-order valence-electron chi connectivity index (χ4n) is 2.27. The third-order valence-corrected chi connectivity index (χ3v) is 3.64. The van der Waals surface area contributed by atoms with Crippen molar-refractivity contribution in [2.45, 2.75) is 25.8 Å². The largest absolute Gasteiger partial charge is 0.382 e. The van der Waals surface area contributed by atoms with Gasteiger partial charge in [-0.2, -0.15) is 5.10 Å². The molecule has 1 fully saturated rings. The summed E-state index contributed by atoms with van der Waals surface area (Å²) < 4.78 is 1.98. The van der Waals surface area contributed by atoms with Gasteiger partial charge in [-0.25, -0.2) is 0 Å². The van der Waals surface area contributed by atoms with Crippen molar-refractivity contribution in [2.75, 3.05) is 11.9 Å². The first-order valence-corrected chi connectivity index (χ1v) is 6.70. The van der Waals surface area contributed by atoms with E-state index >= 15 is 0 Å². The number of hydrogen-bond donors (Lipinski definition) is 1. The Hall–Kier alpha value is -1.77. The summed E-state index contributed by atoms with van der Waals surface area (Å²) in [6, 6.07) is 10.4. The molecule has 0 saturated heterocycles. The van der Waals surface area contributed by atoms with E-state index in [0.717, 1.165) is 24.7 Å². The molecule has 1 aliphatic rings. The van der Waals surface area contributed by atoms with Gasteiger partial charge in [-0.1, -0.05) is 36.8 Å². The van der Waals surface area contributed by atoms with E-state index in [-0.39, 0.29) is 0 Å². The lowest BCUT2D eigenvalue weighted by Gasteiger charge is -2.25. The Morgan fingerprint density at radius 2 is 2.06 bits per heavy atom. The van der Waals surface area contributed by atoms with E-state index in [9.17, 15) is 0 Å². The predicted octanol–water partition coefficient (Wildman–Crippen LogP) is 3.14. The van der Waals surface area contributed by atoms with Crippen molar-refractivity contribution in [1.29, 1.82) is 0 Å². The molecule has 1 aromatic heterocycles. The number of nitrogens with zero attached hydrogens (tertiary/aromatic N) is 2. The van der Waals surface area contributed by atoms with Crippen LogP contribution in [-0.4, -0.2) is 16.3 Å². The van der Waals surface area contributed by atoms with Gasteiger partial charge in [0.25, 0.3) is 0 Å². The Bertz CT molecular complexity index is 485. The van der Waals surface area contributed by atoms with E-state index < -0.39 is 0 Å². The molecular formula is C15H19N3. The Morgan fingerprint density at radius 1 is 1.22 bits per heavy atom. The van der Waals surface area contributed by atoms with Crippen LogP contribution in [0.25, 0.3) is 0 Å². The van der Waals surface area contributed by atoms with Crippen molar-refractivity contribution in [3.05, 3.63) is 48.3 Å². The Kier molecular flexibility index (Phi) is 3.31. The predicted molar refractivity (Wildman–Crippen MR) is 73.6 cm³/mol. The van der Waals surface area contributed by atoms with E-state index in [4.69, 9.17) is 0 Å². The number of benzene rings is 1. The van der Waals surface area contributed by atoms with Crippen LogP contribution in [0.3, 0.4) is 0 Å². The van der Waals surface area contributed by atoms with E-state index in [1.54, 1.807) is 0 Å². The van der Waals surface area contributed by atoms with Crippen LogP contribution < -0.4 is 5.32 Å². The van der Waals surface area contributed by atoms with Gasteiger partial charge < -0.3 is 5.32 Å². The molecule has 0 atom stereocenters. The molecule has 1 heterocycles. The van der Waals surface area contributed by atoms with Crippen LogP contribution in [0.1, 0.15) is 24.8 Å². The summed E-state index contributed by atoms with van der Waals surface area (Å²) in [5, 5.41) is 7.86. The van der Waals surface area contributed by atoms with Crippen molar-refractivity contribution < 1.29 is 0 Å². The maximum absolute atomic E-state index is 4.39. The number of rotatable bonds is 5. The van der Waals surface area contributed by atoms with Crippen molar-refractivity contribution in [1.82, 2.24) is 9.78 Å². The molecule has 0 aliphatic heterocycles. The molecule has 3 rings (SSSR count). The Labute approximate surface area is 108 Å². The SMILES string of the molecule is c1ccc(Cn2cc(NCC3CCC3)cn2)cc1. The van der Waals surface area contributed by atoms with Gasteiger partial charge in [-0.15, -0.1) is 0 Å². The zero-order valence-electron chi connectivity index (χ0n) is 10.5. The zero-order chi connectivity index (χ0) is 12.2. The quantitative estimate of drug-likeness (QED) is 0.871. The molecule has 0 amide bonds. The van der Waals surface area contributed by atoms with Crippen LogP contribution >= 0.6 is 0 Å². The highest BCUT2D eigenvalue weighted by Gasteiger charge is 2.16. The normalized spacial score (nSPS) is 15.3. The van der Waals surface area contributed by atoms with Crippen molar-refractivity contribution >= 4 is 5.69 Å². The van der Waals surface area contributed by atoms with Crippen molar-refractivity contribution in [3.8, 4) is 0 Å². The summed E-state index contributed by atoms with van der Waals surface area (Å²) >= 11 is 0. The minimum atomic E-state index is 0.839. The molecule has 1 N–H and O–H groups in total. The Balaban J connectivity index is 1.55. The van der Waals surface area contributed by atoms with Gasteiger partial charge in [-0.05, 0) is 24.3 Å². The summed E-state index contributed by atoms with van der Waals surface area (Å²) in [7, 11) is 0. The van der Waals surface area contributed by atoms with Gasteiger partial charge in [0.2, 0.25) is 0 Å². The fourth-order valence-corrected chi connectivity index (χ4v) is 2.27. The van der Waals surface area contributed by atoms with Gasteiger partial charge in [0.15, 0.2) is 0 Å². The molecule has 2 aromatic rings. The topological polar surface area (TPSA) is 29.9 Å². The smallest absolute Gasteiger partial charge is 0.0726 e. The third-order valence-electron chi connectivity index (χ3n) is 3.64. The van der Waals surface area contributed by atoms with E-state index in [1.165, 1.54) is 24.8 Å². The maximum Gasteiger partial charge on any atom is 0.0726 e. The zero-order valence-corrected chi connectivity index (χ0v) is 10.5. The van der Waals surface area contributed by atoms with Crippen LogP contribution in [-0.2, 0) is 6.54 Å². The van der Waals surface area contributed by atoms with Gasteiger partial charge in [0, 0.05) is 12.7 Å². The van der Waals surface area contributed by atoms with Crippen molar-refractivity contribution in [3.63, 3.8) is 0 Å². The molecule has 0 bridgehead atoms. The van der Waals surface area contributed by atoms with Crippen LogP contribution in [0, 0.1) is 5.92 Å². The van der Waals surface area contributed by atoms with Crippen LogP contribution in [0.4, 0.5) is 5.69 Å². The average Bonchev–Trinajstić information content (AvgIpc) is 2.76. The van der Waals surface area contributed by atoms with Crippen LogP contribution in [0.2, 0.25) is 0 Å². The number of aromatic nitrogens is 2. The molecule has 0 spiro atoms. The lowest BCUT2D eigenvalue weighted by molar-refractivity contribution is 0.333. The highest BCUT2D eigenvalue weighted by Crippen LogP contribution is 2.26. The molecule has 94 valence electrons. The number of nitrogens with one attached hydrogen (secondary N) is 1. The molecule has 0 unspecified atom stereocenters. The van der Waals surface area contributed by atoms with Crippen molar-refractivity contribution in [2.24, 2.45) is 5.92 Å². The second-order valence-electron chi connectivity index (χ2n) is 5.09. The van der Waals surface area contributed by atoms with Gasteiger partial charge in [0.1, 0.15) is 0 Å². The minimum Gasteiger partial charge on any atom is -0.382 e. The molecule has 3 nitrogen and oxygen atoms in total. The first kappa shape index (κ1) is 11.3. The number of anilines is 1. The molecule has 1 aromatic carbocycles. The van der Waals surface area contributed by atoms with Crippen LogP contribution in [0.5, 0.6) is 0 Å². The summed E-state index contributed by atoms with van der Waals surface area (Å²) in [4.78, 5) is 0. The summed E-state index contributed by atoms with van der Waals surface area (Å²) in [5.41, 5.74) is 2.42. The maximum atomic E-state index is 4.39. The Morgan fingerprint density at radius 3 is 2.78 bits per heavy atom. The molecule has 1 saturated carbocycles. The van der Waals surface area contributed by atoms with E-state index in [0.29, 0.717) is 0 Å². The summed E-state index contributed by atoms with van der Waals surface area (Å²) in [6.45, 7) is 1.93. The third kappa shape index (κ3) is 2.73. The second kappa shape index (κ2) is 5.25. The minimum absolute atomic E-state index is 0.839. The first-order valence-electron chi connectivity index (χ1n) is 6.70. The van der Waals surface area contributed by atoms with E-state index in [1.807, 2.05) is 16.9 Å². The van der Waals surface area contributed by atoms with E-state index in [2.05, 4.69) is 40.9 Å². The molecule has 0 radical (unpaired) electrons. The van der Waals surface area contributed by atoms with Gasteiger partial charge in [0.05, 0.1) is 18.4 Å². The molecule has 18 heavy (non-hydrogen) atoms. The summed E-state index contributed by atoms with van der Waals surface area (Å²) in [5.74, 6) is 0.877. The number of hydrogen-bond acceptors (Lipinski definition) is 2. The van der Waals surface area contributed by atoms with Gasteiger partial charge >= 0.3 is 0 Å². The summed E-state index contributed by atoms with van der Waals surface area (Å²) in [6.07, 6.45) is 8.17. The molecule has 3 heteroatoms. The standard InChI is InChI=1S/C15H19N3/c1-2-5-14(6-3-1)11-18-12-15(10-17-18)16-9-13-7-4-8-13/h1-3,5-6,10,12-13,16H,4,7-9,11H2.